The summed E-state index contributed by atoms with van der Waals surface area (Å²) in [4.78, 5) is 0. The van der Waals surface area contributed by atoms with Crippen LogP contribution in [0.25, 0.3) is 0 Å². The molecule has 0 saturated carbocycles. The number of nitrogens with two attached hydrogens (primary N) is 1. The fourth-order valence-electron chi connectivity index (χ4n) is 1.56. The Morgan fingerprint density at radius 3 is 2.83 bits per heavy atom. The van der Waals surface area contributed by atoms with Crippen molar-refractivity contribution in [1.82, 2.24) is 0 Å². The van der Waals surface area contributed by atoms with Gasteiger partial charge in [-0.05, 0) is 29.9 Å². The Morgan fingerprint density at radius 2 is 2.11 bits per heavy atom. The van der Waals surface area contributed by atoms with Crippen LogP contribution in [0.4, 0.5) is 0 Å². The first kappa shape index (κ1) is 15.4. The molecule has 0 spiro atoms. The molecule has 3 heteroatoms. The Labute approximate surface area is 115 Å². The largest absolute Gasteiger partial charge is 0.493 e. The van der Waals surface area contributed by atoms with Gasteiger partial charge in [0.25, 0.3) is 0 Å². The SMILES string of the molecule is CCC(C)CSCCCOc1ccccc1CN. The van der Waals surface area contributed by atoms with E-state index in [1.54, 1.807) is 0 Å². The quantitative estimate of drug-likeness (QED) is 0.693. The molecule has 1 aromatic rings. The summed E-state index contributed by atoms with van der Waals surface area (Å²) in [5, 5.41) is 0. The maximum Gasteiger partial charge on any atom is 0.123 e. The standard InChI is InChI=1S/C15H25NOS/c1-3-13(2)12-18-10-6-9-17-15-8-5-4-7-14(15)11-16/h4-5,7-8,13H,3,6,9-12,16H2,1-2H3. The minimum Gasteiger partial charge on any atom is -0.493 e. The van der Waals surface area contributed by atoms with Crippen LogP contribution >= 0.6 is 11.8 Å². The summed E-state index contributed by atoms with van der Waals surface area (Å²) in [6.45, 7) is 5.88. The van der Waals surface area contributed by atoms with Crippen LogP contribution in [0.1, 0.15) is 32.3 Å². The summed E-state index contributed by atoms with van der Waals surface area (Å²) in [6.07, 6.45) is 2.37. The molecule has 2 N–H and O–H groups in total. The Balaban J connectivity index is 2.14. The van der Waals surface area contributed by atoms with Gasteiger partial charge >= 0.3 is 0 Å². The topological polar surface area (TPSA) is 35.2 Å². The number of ether oxygens (including phenoxy) is 1. The van der Waals surface area contributed by atoms with Gasteiger partial charge < -0.3 is 10.5 Å². The van der Waals surface area contributed by atoms with Gasteiger partial charge in [0.2, 0.25) is 0 Å². The third-order valence-electron chi connectivity index (χ3n) is 2.98. The number of benzene rings is 1. The minimum absolute atomic E-state index is 0.541. The van der Waals surface area contributed by atoms with E-state index in [9.17, 15) is 0 Å². The van der Waals surface area contributed by atoms with E-state index >= 15 is 0 Å². The molecular formula is C15H25NOS. The van der Waals surface area contributed by atoms with E-state index < -0.39 is 0 Å². The highest BCUT2D eigenvalue weighted by Crippen LogP contribution is 2.18. The molecule has 0 radical (unpaired) electrons. The predicted molar refractivity (Wildman–Crippen MR) is 81.2 cm³/mol. The van der Waals surface area contributed by atoms with E-state index in [0.717, 1.165) is 30.3 Å². The van der Waals surface area contributed by atoms with E-state index in [2.05, 4.69) is 13.8 Å². The summed E-state index contributed by atoms with van der Waals surface area (Å²) in [5.41, 5.74) is 6.75. The van der Waals surface area contributed by atoms with Gasteiger partial charge in [0, 0.05) is 12.1 Å². The molecule has 2 nitrogen and oxygen atoms in total. The van der Waals surface area contributed by atoms with Crippen molar-refractivity contribution in [3.05, 3.63) is 29.8 Å². The highest BCUT2D eigenvalue weighted by atomic mass is 32.2. The Hall–Kier alpha value is -0.670. The van der Waals surface area contributed by atoms with E-state index in [0.29, 0.717) is 6.54 Å². The molecule has 0 bridgehead atoms. The lowest BCUT2D eigenvalue weighted by Crippen LogP contribution is -2.05. The van der Waals surface area contributed by atoms with Crippen molar-refractivity contribution >= 4 is 11.8 Å². The van der Waals surface area contributed by atoms with Crippen molar-refractivity contribution in [2.75, 3.05) is 18.1 Å². The van der Waals surface area contributed by atoms with Crippen molar-refractivity contribution in [2.45, 2.75) is 33.2 Å². The maximum absolute atomic E-state index is 5.77. The van der Waals surface area contributed by atoms with Crippen molar-refractivity contribution in [3.63, 3.8) is 0 Å². The minimum atomic E-state index is 0.541. The molecule has 18 heavy (non-hydrogen) atoms. The van der Waals surface area contributed by atoms with Gasteiger partial charge in [-0.3, -0.25) is 0 Å². The summed E-state index contributed by atoms with van der Waals surface area (Å²) in [5.74, 6) is 4.20. The highest BCUT2D eigenvalue weighted by molar-refractivity contribution is 7.99. The third-order valence-corrected chi connectivity index (χ3v) is 4.36. The molecule has 0 aromatic heterocycles. The lowest BCUT2D eigenvalue weighted by Gasteiger charge is -2.10. The average molecular weight is 267 g/mol. The summed E-state index contributed by atoms with van der Waals surface area (Å²) in [6, 6.07) is 8.00. The second kappa shape index (κ2) is 9.29. The van der Waals surface area contributed by atoms with Gasteiger partial charge in [-0.25, -0.2) is 0 Å². The van der Waals surface area contributed by atoms with Crippen LogP contribution < -0.4 is 10.5 Å². The van der Waals surface area contributed by atoms with Crippen molar-refractivity contribution in [3.8, 4) is 5.75 Å². The third kappa shape index (κ3) is 5.78. The van der Waals surface area contributed by atoms with Gasteiger partial charge in [0.05, 0.1) is 6.61 Å². The fourth-order valence-corrected chi connectivity index (χ4v) is 2.69. The second-order valence-corrected chi connectivity index (χ2v) is 5.75. The average Bonchev–Trinajstić information content (AvgIpc) is 2.42. The van der Waals surface area contributed by atoms with Crippen LogP contribution in [0.5, 0.6) is 5.75 Å². The molecule has 1 rings (SSSR count). The molecule has 0 fully saturated rings. The zero-order valence-corrected chi connectivity index (χ0v) is 12.3. The zero-order chi connectivity index (χ0) is 13.2. The van der Waals surface area contributed by atoms with Gasteiger partial charge in [-0.1, -0.05) is 38.5 Å². The number of thioether (sulfide) groups is 1. The van der Waals surface area contributed by atoms with Crippen LogP contribution in [-0.4, -0.2) is 18.1 Å². The smallest absolute Gasteiger partial charge is 0.123 e. The van der Waals surface area contributed by atoms with Crippen LogP contribution in [0.2, 0.25) is 0 Å². The molecule has 0 amide bonds. The monoisotopic (exact) mass is 267 g/mol. The first-order valence-electron chi connectivity index (χ1n) is 6.76. The van der Waals surface area contributed by atoms with Crippen LogP contribution in [0.3, 0.4) is 0 Å². The maximum atomic E-state index is 5.77. The van der Waals surface area contributed by atoms with Gasteiger partial charge in [-0.2, -0.15) is 11.8 Å². The Bertz CT molecular complexity index is 330. The molecule has 1 aromatic carbocycles. The molecule has 1 unspecified atom stereocenters. The Morgan fingerprint density at radius 1 is 1.33 bits per heavy atom. The lowest BCUT2D eigenvalue weighted by molar-refractivity contribution is 0.315. The normalized spacial score (nSPS) is 12.4. The summed E-state index contributed by atoms with van der Waals surface area (Å²) < 4.78 is 5.77. The van der Waals surface area contributed by atoms with Gasteiger partial charge in [-0.15, -0.1) is 0 Å². The van der Waals surface area contributed by atoms with E-state index in [-0.39, 0.29) is 0 Å². The second-order valence-electron chi connectivity index (χ2n) is 4.60. The first-order chi connectivity index (χ1) is 8.77. The van der Waals surface area contributed by atoms with Gasteiger partial charge in [0.15, 0.2) is 0 Å². The molecule has 0 aliphatic rings. The van der Waals surface area contributed by atoms with Crippen LogP contribution in [0.15, 0.2) is 24.3 Å². The highest BCUT2D eigenvalue weighted by Gasteiger charge is 2.01. The molecule has 0 aliphatic carbocycles. The lowest BCUT2D eigenvalue weighted by atomic mass is 10.2. The van der Waals surface area contributed by atoms with Crippen LogP contribution in [-0.2, 0) is 6.54 Å². The van der Waals surface area contributed by atoms with Crippen molar-refractivity contribution < 1.29 is 4.74 Å². The van der Waals surface area contributed by atoms with E-state index in [1.165, 1.54) is 17.9 Å². The number of hydrogen-bond donors (Lipinski definition) is 1. The molecule has 0 aliphatic heterocycles. The fraction of sp³-hybridized carbons (Fsp3) is 0.600. The number of rotatable bonds is 9. The number of hydrogen-bond acceptors (Lipinski definition) is 3. The zero-order valence-electron chi connectivity index (χ0n) is 11.5. The molecular weight excluding hydrogens is 242 g/mol. The van der Waals surface area contributed by atoms with E-state index in [1.807, 2.05) is 36.0 Å². The van der Waals surface area contributed by atoms with Crippen LogP contribution in [0, 0.1) is 5.92 Å². The first-order valence-corrected chi connectivity index (χ1v) is 7.91. The molecule has 102 valence electrons. The molecule has 1 atom stereocenters. The Kier molecular flexibility index (Phi) is 7.94. The van der Waals surface area contributed by atoms with Crippen molar-refractivity contribution in [1.29, 1.82) is 0 Å². The van der Waals surface area contributed by atoms with Gasteiger partial charge in [0.1, 0.15) is 5.75 Å². The molecule has 0 saturated heterocycles. The van der Waals surface area contributed by atoms with E-state index in [4.69, 9.17) is 10.5 Å². The predicted octanol–water partition coefficient (Wildman–Crippen LogP) is 3.69. The summed E-state index contributed by atoms with van der Waals surface area (Å²) >= 11 is 2.03. The summed E-state index contributed by atoms with van der Waals surface area (Å²) in [7, 11) is 0. The van der Waals surface area contributed by atoms with Crippen molar-refractivity contribution in [2.24, 2.45) is 11.7 Å². The molecule has 0 heterocycles. The number of para-hydroxylation sites is 1.